The SMILES string of the molecule is CCCC[C@H]1C[C@H]1C(=O)Nc1cccc2c(NC(=O)[C@@H]3C[C@@H]3CCCC)cccc12. The lowest BCUT2D eigenvalue weighted by Crippen LogP contribution is -2.16. The second-order valence-corrected chi connectivity index (χ2v) is 9.17. The van der Waals surface area contributed by atoms with Crippen molar-refractivity contribution < 1.29 is 9.59 Å². The van der Waals surface area contributed by atoms with Crippen molar-refractivity contribution in [2.24, 2.45) is 23.7 Å². The van der Waals surface area contributed by atoms with Crippen LogP contribution < -0.4 is 10.6 Å². The summed E-state index contributed by atoms with van der Waals surface area (Å²) in [6.45, 7) is 4.39. The number of benzene rings is 2. The molecule has 0 radical (unpaired) electrons. The molecule has 30 heavy (non-hydrogen) atoms. The zero-order chi connectivity index (χ0) is 21.1. The molecular weight excluding hydrogens is 372 g/mol. The molecule has 0 aromatic heterocycles. The monoisotopic (exact) mass is 406 g/mol. The molecular formula is C26H34N2O2. The van der Waals surface area contributed by atoms with E-state index in [-0.39, 0.29) is 23.7 Å². The molecule has 2 fully saturated rings. The maximum atomic E-state index is 12.7. The molecule has 2 amide bonds. The lowest BCUT2D eigenvalue weighted by atomic mass is 10.1. The maximum absolute atomic E-state index is 12.7. The van der Waals surface area contributed by atoms with E-state index >= 15 is 0 Å². The van der Waals surface area contributed by atoms with Gasteiger partial charge in [-0.15, -0.1) is 0 Å². The van der Waals surface area contributed by atoms with Gasteiger partial charge in [-0.1, -0.05) is 63.8 Å². The fourth-order valence-electron chi connectivity index (χ4n) is 4.69. The van der Waals surface area contributed by atoms with E-state index in [0.29, 0.717) is 11.8 Å². The number of unbranched alkanes of at least 4 members (excludes halogenated alkanes) is 2. The number of anilines is 2. The molecule has 4 nitrogen and oxygen atoms in total. The topological polar surface area (TPSA) is 58.2 Å². The molecule has 2 aromatic carbocycles. The van der Waals surface area contributed by atoms with Crippen molar-refractivity contribution in [3.05, 3.63) is 36.4 Å². The van der Waals surface area contributed by atoms with Gasteiger partial charge in [0.25, 0.3) is 0 Å². The highest BCUT2D eigenvalue weighted by atomic mass is 16.2. The Kier molecular flexibility index (Phi) is 6.40. The Morgan fingerprint density at radius 2 is 1.20 bits per heavy atom. The number of carbonyl (C=O) groups excluding carboxylic acids is 2. The standard InChI is InChI=1S/C26H34N2O2/c1-3-5-9-17-15-21(17)25(29)27-23-13-7-12-20-19(23)11-8-14-24(20)28-26(30)22-16-18(22)10-6-4-2/h7-8,11-14,17-18,21-22H,3-6,9-10,15-16H2,1-2H3,(H,27,29)(H,28,30)/t17-,18-,21+,22+/m0/s1. The fraction of sp³-hybridized carbons (Fsp3) is 0.538. The van der Waals surface area contributed by atoms with Crippen molar-refractivity contribution in [2.45, 2.75) is 65.2 Å². The normalized spacial score (nSPS) is 24.5. The highest BCUT2D eigenvalue weighted by molar-refractivity contribution is 6.10. The van der Waals surface area contributed by atoms with Gasteiger partial charge in [-0.05, 0) is 49.7 Å². The number of fused-ring (bicyclic) bond motifs is 1. The van der Waals surface area contributed by atoms with Gasteiger partial charge in [0.05, 0.1) is 0 Å². The van der Waals surface area contributed by atoms with Crippen LogP contribution in [0.2, 0.25) is 0 Å². The van der Waals surface area contributed by atoms with E-state index in [1.165, 1.54) is 25.7 Å². The molecule has 4 atom stereocenters. The first-order chi connectivity index (χ1) is 14.6. The minimum Gasteiger partial charge on any atom is -0.325 e. The van der Waals surface area contributed by atoms with E-state index in [1.807, 2.05) is 36.4 Å². The third-order valence-electron chi connectivity index (χ3n) is 6.81. The van der Waals surface area contributed by atoms with Crippen LogP contribution in [0.25, 0.3) is 10.8 Å². The smallest absolute Gasteiger partial charge is 0.227 e. The summed E-state index contributed by atoms with van der Waals surface area (Å²) in [6, 6.07) is 11.9. The van der Waals surface area contributed by atoms with Gasteiger partial charge < -0.3 is 10.6 Å². The van der Waals surface area contributed by atoms with Crippen molar-refractivity contribution in [1.29, 1.82) is 0 Å². The van der Waals surface area contributed by atoms with Gasteiger partial charge in [0.15, 0.2) is 0 Å². The molecule has 0 saturated heterocycles. The minimum absolute atomic E-state index is 0.134. The third-order valence-corrected chi connectivity index (χ3v) is 6.81. The quantitative estimate of drug-likeness (QED) is 0.482. The van der Waals surface area contributed by atoms with Crippen LogP contribution in [-0.4, -0.2) is 11.8 Å². The molecule has 4 heteroatoms. The van der Waals surface area contributed by atoms with Gasteiger partial charge in [0, 0.05) is 34.0 Å². The zero-order valence-corrected chi connectivity index (χ0v) is 18.2. The van der Waals surface area contributed by atoms with Crippen LogP contribution in [0, 0.1) is 23.7 Å². The van der Waals surface area contributed by atoms with Crippen LogP contribution in [0.15, 0.2) is 36.4 Å². The second-order valence-electron chi connectivity index (χ2n) is 9.17. The first kappa shape index (κ1) is 20.9. The Morgan fingerprint density at radius 3 is 1.60 bits per heavy atom. The zero-order valence-electron chi connectivity index (χ0n) is 18.2. The van der Waals surface area contributed by atoms with Gasteiger partial charge in [0.2, 0.25) is 11.8 Å². The molecule has 0 unspecified atom stereocenters. The highest BCUT2D eigenvalue weighted by Gasteiger charge is 2.43. The number of amides is 2. The lowest BCUT2D eigenvalue weighted by molar-refractivity contribution is -0.118. The molecule has 2 saturated carbocycles. The lowest BCUT2D eigenvalue weighted by Gasteiger charge is -2.13. The van der Waals surface area contributed by atoms with E-state index in [1.54, 1.807) is 0 Å². The van der Waals surface area contributed by atoms with Crippen molar-refractivity contribution in [3.8, 4) is 0 Å². The second kappa shape index (κ2) is 9.20. The van der Waals surface area contributed by atoms with Crippen LogP contribution in [0.4, 0.5) is 11.4 Å². The summed E-state index contributed by atoms with van der Waals surface area (Å²) >= 11 is 0. The van der Waals surface area contributed by atoms with E-state index in [0.717, 1.165) is 47.8 Å². The predicted octanol–water partition coefficient (Wildman–Crippen LogP) is 6.37. The summed E-state index contributed by atoms with van der Waals surface area (Å²) in [5.74, 6) is 1.68. The molecule has 2 aliphatic carbocycles. The van der Waals surface area contributed by atoms with Crippen LogP contribution in [0.3, 0.4) is 0 Å². The third kappa shape index (κ3) is 4.69. The van der Waals surface area contributed by atoms with Crippen LogP contribution in [-0.2, 0) is 9.59 Å². The maximum Gasteiger partial charge on any atom is 0.227 e. The van der Waals surface area contributed by atoms with Gasteiger partial charge in [-0.2, -0.15) is 0 Å². The van der Waals surface area contributed by atoms with Crippen molar-refractivity contribution >= 4 is 34.0 Å². The Labute approximate surface area is 179 Å². The Bertz CT molecular complexity index is 847. The predicted molar refractivity (Wildman–Crippen MR) is 123 cm³/mol. The van der Waals surface area contributed by atoms with E-state index in [2.05, 4.69) is 24.5 Å². The molecule has 2 aromatic rings. The minimum atomic E-state index is 0.134. The first-order valence-electron chi connectivity index (χ1n) is 11.8. The van der Waals surface area contributed by atoms with E-state index < -0.39 is 0 Å². The van der Waals surface area contributed by atoms with Crippen LogP contribution >= 0.6 is 0 Å². The van der Waals surface area contributed by atoms with Gasteiger partial charge in [0.1, 0.15) is 0 Å². The summed E-state index contributed by atoms with van der Waals surface area (Å²) in [4.78, 5) is 25.4. The summed E-state index contributed by atoms with van der Waals surface area (Å²) in [5.41, 5.74) is 1.67. The van der Waals surface area contributed by atoms with Gasteiger partial charge in [-0.25, -0.2) is 0 Å². The molecule has 2 N–H and O–H groups in total. The van der Waals surface area contributed by atoms with Crippen molar-refractivity contribution in [2.75, 3.05) is 10.6 Å². The number of hydrogen-bond acceptors (Lipinski definition) is 2. The number of hydrogen-bond donors (Lipinski definition) is 2. The summed E-state index contributed by atoms with van der Waals surface area (Å²) < 4.78 is 0. The molecule has 0 bridgehead atoms. The van der Waals surface area contributed by atoms with Gasteiger partial charge >= 0.3 is 0 Å². The average Bonchev–Trinajstić information content (AvgIpc) is 3.66. The van der Waals surface area contributed by atoms with Crippen LogP contribution in [0.1, 0.15) is 65.2 Å². The number of nitrogens with one attached hydrogen (secondary N) is 2. The van der Waals surface area contributed by atoms with Gasteiger partial charge in [-0.3, -0.25) is 9.59 Å². The first-order valence-corrected chi connectivity index (χ1v) is 11.8. The molecule has 4 rings (SSSR count). The molecule has 0 heterocycles. The largest absolute Gasteiger partial charge is 0.325 e. The van der Waals surface area contributed by atoms with E-state index in [4.69, 9.17) is 0 Å². The highest BCUT2D eigenvalue weighted by Crippen LogP contribution is 2.44. The summed E-state index contributed by atoms with van der Waals surface area (Å²) in [5, 5.41) is 8.25. The summed E-state index contributed by atoms with van der Waals surface area (Å²) in [7, 11) is 0. The summed E-state index contributed by atoms with van der Waals surface area (Å²) in [6.07, 6.45) is 9.10. The Hall–Kier alpha value is -2.36. The molecule has 160 valence electrons. The fourth-order valence-corrected chi connectivity index (χ4v) is 4.69. The van der Waals surface area contributed by atoms with E-state index in [9.17, 15) is 9.59 Å². The van der Waals surface area contributed by atoms with Crippen molar-refractivity contribution in [3.63, 3.8) is 0 Å². The van der Waals surface area contributed by atoms with Crippen molar-refractivity contribution in [1.82, 2.24) is 0 Å². The molecule has 2 aliphatic rings. The van der Waals surface area contributed by atoms with Crippen LogP contribution in [0.5, 0.6) is 0 Å². The Balaban J connectivity index is 1.43. The number of carbonyl (C=O) groups is 2. The molecule has 0 spiro atoms. The molecule has 0 aliphatic heterocycles. The average molecular weight is 407 g/mol. The number of rotatable bonds is 10. The Morgan fingerprint density at radius 1 is 0.767 bits per heavy atom.